The first-order valence-electron chi connectivity index (χ1n) is 7.08. The molecule has 1 heterocycles. The summed E-state index contributed by atoms with van der Waals surface area (Å²) in [6.45, 7) is 0. The van der Waals surface area contributed by atoms with Crippen LogP contribution in [0.3, 0.4) is 0 Å². The van der Waals surface area contributed by atoms with Crippen molar-refractivity contribution in [1.29, 1.82) is 0 Å². The van der Waals surface area contributed by atoms with Gasteiger partial charge in [-0.1, -0.05) is 18.2 Å². The van der Waals surface area contributed by atoms with Gasteiger partial charge in [0.15, 0.2) is 11.5 Å². The van der Waals surface area contributed by atoms with E-state index in [1.54, 1.807) is 27.6 Å². The third-order valence-corrected chi connectivity index (χ3v) is 3.49. The molecular formula is C18H17NO4. The summed E-state index contributed by atoms with van der Waals surface area (Å²) in [5.41, 5.74) is 2.44. The Bertz CT molecular complexity index is 771. The van der Waals surface area contributed by atoms with E-state index in [1.807, 2.05) is 42.5 Å². The molecule has 0 aliphatic heterocycles. The fraction of sp³-hybridized carbons (Fsp3) is 0.167. The van der Waals surface area contributed by atoms with E-state index in [4.69, 9.17) is 18.6 Å². The van der Waals surface area contributed by atoms with Gasteiger partial charge in [0.1, 0.15) is 12.0 Å². The predicted molar refractivity (Wildman–Crippen MR) is 87.0 cm³/mol. The molecule has 0 N–H and O–H groups in total. The summed E-state index contributed by atoms with van der Waals surface area (Å²) in [6.07, 6.45) is 1.61. The second-order valence-electron chi connectivity index (χ2n) is 4.82. The van der Waals surface area contributed by atoms with Crippen LogP contribution in [0.25, 0.3) is 22.7 Å². The maximum Gasteiger partial charge on any atom is 0.226 e. The Morgan fingerprint density at radius 1 is 0.826 bits per heavy atom. The van der Waals surface area contributed by atoms with Gasteiger partial charge >= 0.3 is 0 Å². The predicted octanol–water partition coefficient (Wildman–Crippen LogP) is 4.03. The van der Waals surface area contributed by atoms with Crippen LogP contribution in [0.15, 0.2) is 53.1 Å². The number of hydrogen-bond donors (Lipinski definition) is 0. The number of oxazole rings is 1. The van der Waals surface area contributed by atoms with Crippen LogP contribution in [0.5, 0.6) is 17.2 Å². The Labute approximate surface area is 134 Å². The van der Waals surface area contributed by atoms with Crippen LogP contribution in [0.2, 0.25) is 0 Å². The summed E-state index contributed by atoms with van der Waals surface area (Å²) < 4.78 is 21.7. The van der Waals surface area contributed by atoms with E-state index < -0.39 is 0 Å². The van der Waals surface area contributed by atoms with Crippen molar-refractivity contribution in [2.45, 2.75) is 0 Å². The van der Waals surface area contributed by atoms with E-state index in [0.717, 1.165) is 11.1 Å². The SMILES string of the molecule is COc1cc(-c2coc(-c3ccccc3)n2)cc(OC)c1OC. The summed E-state index contributed by atoms with van der Waals surface area (Å²) in [4.78, 5) is 4.54. The quantitative estimate of drug-likeness (QED) is 0.712. The molecule has 5 nitrogen and oxygen atoms in total. The standard InChI is InChI=1S/C18H17NO4/c1-20-15-9-13(10-16(21-2)17(15)22-3)14-11-23-18(19-14)12-7-5-4-6-8-12/h4-11H,1-3H3. The highest BCUT2D eigenvalue weighted by atomic mass is 16.5. The highest BCUT2D eigenvalue weighted by Crippen LogP contribution is 2.41. The molecule has 0 saturated heterocycles. The van der Waals surface area contributed by atoms with Gasteiger partial charge in [0.2, 0.25) is 11.6 Å². The van der Waals surface area contributed by atoms with Crippen molar-refractivity contribution in [2.75, 3.05) is 21.3 Å². The Kier molecular flexibility index (Phi) is 4.19. The highest BCUT2D eigenvalue weighted by Gasteiger charge is 2.16. The Morgan fingerprint density at radius 2 is 1.48 bits per heavy atom. The van der Waals surface area contributed by atoms with Gasteiger partial charge < -0.3 is 18.6 Å². The topological polar surface area (TPSA) is 53.7 Å². The average Bonchev–Trinajstić information content (AvgIpc) is 3.11. The van der Waals surface area contributed by atoms with E-state index in [1.165, 1.54) is 0 Å². The third kappa shape index (κ3) is 2.85. The summed E-state index contributed by atoms with van der Waals surface area (Å²) in [5.74, 6) is 2.26. The van der Waals surface area contributed by atoms with Gasteiger partial charge in [-0.2, -0.15) is 0 Å². The summed E-state index contributed by atoms with van der Waals surface area (Å²) >= 11 is 0. The first-order valence-corrected chi connectivity index (χ1v) is 7.08. The Balaban J connectivity index is 2.04. The van der Waals surface area contributed by atoms with Crippen LogP contribution in [-0.2, 0) is 0 Å². The van der Waals surface area contributed by atoms with Crippen LogP contribution in [0.4, 0.5) is 0 Å². The Hall–Kier alpha value is -2.95. The zero-order chi connectivity index (χ0) is 16.2. The molecule has 0 unspecified atom stereocenters. The van der Waals surface area contributed by atoms with Gasteiger partial charge in [0, 0.05) is 11.1 Å². The van der Waals surface area contributed by atoms with Gasteiger partial charge in [-0.25, -0.2) is 4.98 Å². The molecule has 0 spiro atoms. The van der Waals surface area contributed by atoms with Crippen molar-refractivity contribution in [3.8, 4) is 40.0 Å². The molecule has 0 saturated carbocycles. The molecule has 0 atom stereocenters. The number of rotatable bonds is 5. The molecule has 3 rings (SSSR count). The molecule has 0 bridgehead atoms. The zero-order valence-electron chi connectivity index (χ0n) is 13.2. The second-order valence-corrected chi connectivity index (χ2v) is 4.82. The van der Waals surface area contributed by atoms with Crippen molar-refractivity contribution in [3.63, 3.8) is 0 Å². The maximum atomic E-state index is 5.58. The van der Waals surface area contributed by atoms with Crippen LogP contribution < -0.4 is 14.2 Å². The van der Waals surface area contributed by atoms with E-state index in [-0.39, 0.29) is 0 Å². The van der Waals surface area contributed by atoms with E-state index in [2.05, 4.69) is 4.98 Å². The monoisotopic (exact) mass is 311 g/mol. The van der Waals surface area contributed by atoms with Crippen LogP contribution in [-0.4, -0.2) is 26.3 Å². The molecule has 0 amide bonds. The number of benzene rings is 2. The lowest BCUT2D eigenvalue weighted by Gasteiger charge is -2.13. The number of ether oxygens (including phenoxy) is 3. The van der Waals surface area contributed by atoms with Crippen LogP contribution in [0.1, 0.15) is 0 Å². The normalized spacial score (nSPS) is 10.4. The molecular weight excluding hydrogens is 294 g/mol. The summed E-state index contributed by atoms with van der Waals surface area (Å²) in [6, 6.07) is 13.4. The molecule has 23 heavy (non-hydrogen) atoms. The van der Waals surface area contributed by atoms with Crippen molar-refractivity contribution in [3.05, 3.63) is 48.7 Å². The average molecular weight is 311 g/mol. The van der Waals surface area contributed by atoms with Gasteiger partial charge in [-0.3, -0.25) is 0 Å². The fourth-order valence-electron chi connectivity index (χ4n) is 2.35. The van der Waals surface area contributed by atoms with Crippen molar-refractivity contribution in [2.24, 2.45) is 0 Å². The van der Waals surface area contributed by atoms with Crippen LogP contribution in [0, 0.1) is 0 Å². The van der Waals surface area contributed by atoms with Crippen molar-refractivity contribution < 1.29 is 18.6 Å². The molecule has 0 aliphatic carbocycles. The molecule has 3 aromatic rings. The summed E-state index contributed by atoms with van der Waals surface area (Å²) in [7, 11) is 4.74. The van der Waals surface area contributed by atoms with Crippen LogP contribution >= 0.6 is 0 Å². The minimum atomic E-state index is 0.547. The molecule has 0 aliphatic rings. The van der Waals surface area contributed by atoms with E-state index >= 15 is 0 Å². The molecule has 118 valence electrons. The maximum absolute atomic E-state index is 5.58. The fourth-order valence-corrected chi connectivity index (χ4v) is 2.35. The zero-order valence-corrected chi connectivity index (χ0v) is 13.2. The Morgan fingerprint density at radius 3 is 2.04 bits per heavy atom. The molecule has 0 fully saturated rings. The van der Waals surface area contributed by atoms with Gasteiger partial charge in [0.05, 0.1) is 21.3 Å². The minimum absolute atomic E-state index is 0.547. The van der Waals surface area contributed by atoms with Crippen molar-refractivity contribution in [1.82, 2.24) is 4.98 Å². The molecule has 5 heteroatoms. The third-order valence-electron chi connectivity index (χ3n) is 3.49. The van der Waals surface area contributed by atoms with E-state index in [0.29, 0.717) is 28.8 Å². The molecule has 1 aromatic heterocycles. The summed E-state index contributed by atoms with van der Waals surface area (Å²) in [5, 5.41) is 0. The first-order chi connectivity index (χ1) is 11.3. The number of hydrogen-bond acceptors (Lipinski definition) is 5. The second kappa shape index (κ2) is 6.44. The van der Waals surface area contributed by atoms with Crippen molar-refractivity contribution >= 4 is 0 Å². The number of aromatic nitrogens is 1. The lowest BCUT2D eigenvalue weighted by Crippen LogP contribution is -1.95. The highest BCUT2D eigenvalue weighted by molar-refractivity contribution is 5.69. The first kappa shape index (κ1) is 15.0. The van der Waals surface area contributed by atoms with Gasteiger partial charge in [-0.05, 0) is 24.3 Å². The van der Waals surface area contributed by atoms with Gasteiger partial charge in [-0.15, -0.1) is 0 Å². The van der Waals surface area contributed by atoms with E-state index in [9.17, 15) is 0 Å². The lowest BCUT2D eigenvalue weighted by molar-refractivity contribution is 0.324. The molecule has 0 radical (unpaired) electrons. The van der Waals surface area contributed by atoms with Gasteiger partial charge in [0.25, 0.3) is 0 Å². The number of methoxy groups -OCH3 is 3. The molecule has 2 aromatic carbocycles. The largest absolute Gasteiger partial charge is 0.493 e. The minimum Gasteiger partial charge on any atom is -0.493 e. The smallest absolute Gasteiger partial charge is 0.226 e. The lowest BCUT2D eigenvalue weighted by atomic mass is 10.1. The number of nitrogens with zero attached hydrogens (tertiary/aromatic N) is 1.